The maximum absolute atomic E-state index is 10.0. The van der Waals surface area contributed by atoms with Crippen LogP contribution in [0.25, 0.3) is 6.08 Å². The first-order chi connectivity index (χ1) is 14.4. The van der Waals surface area contributed by atoms with Crippen molar-refractivity contribution in [2.45, 2.75) is 13.5 Å². The number of thiocarbonyl (C=S) groups is 1. The number of phenols is 1. The summed E-state index contributed by atoms with van der Waals surface area (Å²) in [6, 6.07) is 9.12. The van der Waals surface area contributed by atoms with E-state index in [1.54, 1.807) is 38.5 Å². The minimum atomic E-state index is -0.0761. The molecule has 7 nitrogen and oxygen atoms in total. The Balaban J connectivity index is 2.24. The molecule has 2 rings (SSSR count). The molecular formula is C22H24N2O5S. The summed E-state index contributed by atoms with van der Waals surface area (Å²) in [5.41, 5.74) is 2.71. The second-order valence-electron chi connectivity index (χ2n) is 6.27. The molecule has 0 unspecified atom stereocenters. The molecule has 2 N–H and O–H groups in total. The van der Waals surface area contributed by atoms with Crippen molar-refractivity contribution < 1.29 is 24.1 Å². The van der Waals surface area contributed by atoms with Crippen molar-refractivity contribution in [1.29, 1.82) is 5.26 Å². The van der Waals surface area contributed by atoms with Gasteiger partial charge in [-0.3, -0.25) is 0 Å². The normalized spacial score (nSPS) is 10.7. The Labute approximate surface area is 181 Å². The Morgan fingerprint density at radius 2 is 1.63 bits per heavy atom. The van der Waals surface area contributed by atoms with E-state index in [1.165, 1.54) is 14.2 Å². The lowest BCUT2D eigenvalue weighted by Gasteiger charge is -2.13. The molecular weight excluding hydrogens is 404 g/mol. The Hall–Kier alpha value is -3.44. The van der Waals surface area contributed by atoms with Gasteiger partial charge in [-0.15, -0.1) is 0 Å². The number of methoxy groups -OCH3 is 4. The molecule has 0 heterocycles. The minimum absolute atomic E-state index is 0.0761. The summed E-state index contributed by atoms with van der Waals surface area (Å²) in [7, 11) is 6.05. The second kappa shape index (κ2) is 10.4. The van der Waals surface area contributed by atoms with E-state index in [0.29, 0.717) is 23.6 Å². The van der Waals surface area contributed by atoms with Crippen molar-refractivity contribution in [2.75, 3.05) is 28.4 Å². The van der Waals surface area contributed by atoms with Gasteiger partial charge < -0.3 is 29.4 Å². The van der Waals surface area contributed by atoms with E-state index in [1.807, 2.05) is 13.0 Å². The van der Waals surface area contributed by atoms with Crippen LogP contribution in [0, 0.1) is 18.3 Å². The molecule has 0 saturated heterocycles. The maximum Gasteiger partial charge on any atom is 0.200 e. The van der Waals surface area contributed by atoms with Crippen molar-refractivity contribution in [3.63, 3.8) is 0 Å². The third kappa shape index (κ3) is 5.13. The molecule has 2 aromatic carbocycles. The number of hydrogen-bond acceptors (Lipinski definition) is 7. The zero-order valence-electron chi connectivity index (χ0n) is 17.5. The molecule has 0 bridgehead atoms. The SMILES string of the molecule is COc1cc(CNC(=S)/C(C#N)=C/c2cc(C)c(OC)c(OC)c2)cc(OC)c1O. The minimum Gasteiger partial charge on any atom is -0.502 e. The molecule has 0 aliphatic carbocycles. The van der Waals surface area contributed by atoms with Crippen LogP contribution in [0.1, 0.15) is 16.7 Å². The van der Waals surface area contributed by atoms with Crippen LogP contribution in [0.4, 0.5) is 0 Å². The standard InChI is InChI=1S/C22H24N2O5S/c1-13-6-14(8-19(28-4)21(13)29-5)7-16(11-23)22(30)24-12-15-9-17(26-2)20(25)18(10-15)27-3/h6-10,25H,12H2,1-5H3,(H,24,30)/b16-7+. The van der Waals surface area contributed by atoms with Gasteiger partial charge in [0.25, 0.3) is 0 Å². The van der Waals surface area contributed by atoms with Gasteiger partial charge in [0.15, 0.2) is 23.0 Å². The number of phenolic OH excluding ortho intramolecular Hbond substituents is 1. The van der Waals surface area contributed by atoms with Crippen LogP contribution >= 0.6 is 12.2 Å². The zero-order valence-corrected chi connectivity index (χ0v) is 18.3. The topological polar surface area (TPSA) is 93.0 Å². The monoisotopic (exact) mass is 428 g/mol. The highest BCUT2D eigenvalue weighted by molar-refractivity contribution is 7.80. The van der Waals surface area contributed by atoms with Crippen molar-refractivity contribution in [2.24, 2.45) is 0 Å². The number of nitrogens with zero attached hydrogens (tertiary/aromatic N) is 1. The van der Waals surface area contributed by atoms with E-state index < -0.39 is 0 Å². The third-order valence-corrected chi connectivity index (χ3v) is 4.72. The van der Waals surface area contributed by atoms with Crippen LogP contribution in [0.2, 0.25) is 0 Å². The lowest BCUT2D eigenvalue weighted by molar-refractivity contribution is 0.339. The van der Waals surface area contributed by atoms with Crippen LogP contribution < -0.4 is 24.3 Å². The predicted octanol–water partition coefficient (Wildman–Crippen LogP) is 3.76. The highest BCUT2D eigenvalue weighted by Crippen LogP contribution is 2.37. The molecule has 158 valence electrons. The molecule has 0 aliphatic heterocycles. The Kier molecular flexibility index (Phi) is 7.90. The van der Waals surface area contributed by atoms with Gasteiger partial charge in [0.1, 0.15) is 11.1 Å². The number of nitrogens with one attached hydrogen (secondary N) is 1. The summed E-state index contributed by atoms with van der Waals surface area (Å²) in [4.78, 5) is 0.288. The fourth-order valence-corrected chi connectivity index (χ4v) is 3.08. The number of ether oxygens (including phenoxy) is 4. The number of benzene rings is 2. The van der Waals surface area contributed by atoms with E-state index in [9.17, 15) is 10.4 Å². The van der Waals surface area contributed by atoms with Gasteiger partial charge in [0, 0.05) is 6.54 Å². The van der Waals surface area contributed by atoms with Gasteiger partial charge in [-0.25, -0.2) is 0 Å². The van der Waals surface area contributed by atoms with Crippen molar-refractivity contribution >= 4 is 23.3 Å². The Morgan fingerprint density at radius 1 is 1.03 bits per heavy atom. The van der Waals surface area contributed by atoms with Gasteiger partial charge >= 0.3 is 0 Å². The van der Waals surface area contributed by atoms with Gasteiger partial charge in [0.2, 0.25) is 5.75 Å². The van der Waals surface area contributed by atoms with Crippen molar-refractivity contribution in [3.05, 3.63) is 46.5 Å². The summed E-state index contributed by atoms with van der Waals surface area (Å²) < 4.78 is 21.0. The highest BCUT2D eigenvalue weighted by Gasteiger charge is 2.13. The van der Waals surface area contributed by atoms with Gasteiger partial charge in [-0.05, 0) is 54.0 Å². The highest BCUT2D eigenvalue weighted by atomic mass is 32.1. The van der Waals surface area contributed by atoms with E-state index >= 15 is 0 Å². The summed E-state index contributed by atoms with van der Waals surface area (Å²) >= 11 is 5.39. The van der Waals surface area contributed by atoms with Gasteiger partial charge in [-0.1, -0.05) is 12.2 Å². The average Bonchev–Trinajstić information content (AvgIpc) is 2.75. The smallest absolute Gasteiger partial charge is 0.200 e. The first-order valence-electron chi connectivity index (χ1n) is 8.94. The molecule has 0 saturated carbocycles. The molecule has 0 amide bonds. The fraction of sp³-hybridized carbons (Fsp3) is 0.273. The number of hydrogen-bond donors (Lipinski definition) is 2. The van der Waals surface area contributed by atoms with Crippen LogP contribution in [0.3, 0.4) is 0 Å². The molecule has 0 spiro atoms. The molecule has 0 fully saturated rings. The molecule has 2 aromatic rings. The number of aryl methyl sites for hydroxylation is 1. The number of rotatable bonds is 8. The van der Waals surface area contributed by atoms with E-state index in [0.717, 1.165) is 16.7 Å². The first kappa shape index (κ1) is 22.8. The number of aromatic hydroxyl groups is 1. The van der Waals surface area contributed by atoms with Gasteiger partial charge in [0.05, 0.1) is 34.0 Å². The van der Waals surface area contributed by atoms with Crippen LogP contribution in [0.15, 0.2) is 29.8 Å². The lowest BCUT2D eigenvalue weighted by Crippen LogP contribution is -2.22. The molecule has 0 aromatic heterocycles. The average molecular weight is 429 g/mol. The summed E-state index contributed by atoms with van der Waals surface area (Å²) in [5, 5.41) is 22.6. The fourth-order valence-electron chi connectivity index (χ4n) is 2.91. The molecule has 0 radical (unpaired) electrons. The summed E-state index contributed by atoms with van der Waals surface area (Å²) in [6.45, 7) is 2.21. The summed E-state index contributed by atoms with van der Waals surface area (Å²) in [5.74, 6) is 1.71. The maximum atomic E-state index is 10.0. The summed E-state index contributed by atoms with van der Waals surface area (Å²) in [6.07, 6.45) is 1.68. The van der Waals surface area contributed by atoms with E-state index in [-0.39, 0.29) is 22.2 Å². The van der Waals surface area contributed by atoms with Crippen LogP contribution in [-0.2, 0) is 6.54 Å². The zero-order chi connectivity index (χ0) is 22.3. The van der Waals surface area contributed by atoms with Gasteiger partial charge in [-0.2, -0.15) is 5.26 Å². The molecule has 30 heavy (non-hydrogen) atoms. The lowest BCUT2D eigenvalue weighted by atomic mass is 10.1. The molecule has 8 heteroatoms. The number of nitriles is 1. The van der Waals surface area contributed by atoms with Crippen LogP contribution in [0.5, 0.6) is 28.7 Å². The quantitative estimate of drug-likeness (QED) is 0.373. The largest absolute Gasteiger partial charge is 0.502 e. The molecule has 0 aliphatic rings. The Morgan fingerprint density at radius 3 is 2.13 bits per heavy atom. The van der Waals surface area contributed by atoms with E-state index in [2.05, 4.69) is 11.4 Å². The second-order valence-corrected chi connectivity index (χ2v) is 6.68. The predicted molar refractivity (Wildman–Crippen MR) is 119 cm³/mol. The van der Waals surface area contributed by atoms with Crippen molar-refractivity contribution in [3.8, 4) is 34.8 Å². The Bertz CT molecular complexity index is 986. The molecule has 0 atom stereocenters. The third-order valence-electron chi connectivity index (χ3n) is 4.36. The van der Waals surface area contributed by atoms with E-state index in [4.69, 9.17) is 31.2 Å². The first-order valence-corrected chi connectivity index (χ1v) is 9.35. The van der Waals surface area contributed by atoms with Crippen LogP contribution in [-0.4, -0.2) is 38.5 Å². The van der Waals surface area contributed by atoms with Crippen molar-refractivity contribution in [1.82, 2.24) is 5.32 Å².